The minimum Gasteiger partial charge on any atom is -0.342 e. The second-order valence-corrected chi connectivity index (χ2v) is 5.78. The second kappa shape index (κ2) is 5.85. The van der Waals surface area contributed by atoms with Gasteiger partial charge in [0.25, 0.3) is 0 Å². The molecule has 2 fully saturated rings. The molecule has 2 heterocycles. The maximum Gasteiger partial charge on any atom is 0.225 e. The lowest BCUT2D eigenvalue weighted by Gasteiger charge is -2.36. The summed E-state index contributed by atoms with van der Waals surface area (Å²) in [5.74, 6) is 1.45. The molecule has 17 heavy (non-hydrogen) atoms. The first-order valence-electron chi connectivity index (χ1n) is 7.23. The minimum absolute atomic E-state index is 0.279. The van der Waals surface area contributed by atoms with E-state index < -0.39 is 0 Å². The van der Waals surface area contributed by atoms with Crippen LogP contribution in [0.25, 0.3) is 0 Å². The molecule has 98 valence electrons. The van der Waals surface area contributed by atoms with Crippen molar-refractivity contribution in [3.63, 3.8) is 0 Å². The highest BCUT2D eigenvalue weighted by Gasteiger charge is 2.30. The lowest BCUT2D eigenvalue weighted by molar-refractivity contribution is -0.138. The SMILES string of the molecule is CCC1CCCN(C(=O)C2CCNC(C)C2)C1. The number of nitrogens with one attached hydrogen (secondary N) is 1. The Hall–Kier alpha value is -0.570. The fourth-order valence-corrected chi connectivity index (χ4v) is 3.21. The number of likely N-dealkylation sites (tertiary alicyclic amines) is 1. The molecule has 0 bridgehead atoms. The largest absolute Gasteiger partial charge is 0.342 e. The molecule has 2 rings (SSSR count). The topological polar surface area (TPSA) is 32.3 Å². The Balaban J connectivity index is 1.89. The number of hydrogen-bond acceptors (Lipinski definition) is 2. The molecule has 0 aromatic rings. The summed E-state index contributed by atoms with van der Waals surface area (Å²) in [7, 11) is 0. The number of rotatable bonds is 2. The Bertz CT molecular complexity index is 267. The van der Waals surface area contributed by atoms with Crippen LogP contribution >= 0.6 is 0 Å². The predicted octanol–water partition coefficient (Wildman–Crippen LogP) is 2.02. The van der Waals surface area contributed by atoms with Gasteiger partial charge < -0.3 is 10.2 Å². The Kier molecular flexibility index (Phi) is 4.43. The Morgan fingerprint density at radius 2 is 2.24 bits per heavy atom. The van der Waals surface area contributed by atoms with E-state index in [1.165, 1.54) is 19.3 Å². The summed E-state index contributed by atoms with van der Waals surface area (Å²) in [6, 6.07) is 0.504. The van der Waals surface area contributed by atoms with Crippen molar-refractivity contribution >= 4 is 5.91 Å². The fraction of sp³-hybridized carbons (Fsp3) is 0.929. The van der Waals surface area contributed by atoms with Gasteiger partial charge >= 0.3 is 0 Å². The highest BCUT2D eigenvalue weighted by atomic mass is 16.2. The van der Waals surface area contributed by atoms with Crippen LogP contribution in [-0.2, 0) is 4.79 Å². The van der Waals surface area contributed by atoms with Gasteiger partial charge in [-0.1, -0.05) is 13.3 Å². The first kappa shape index (κ1) is 12.9. The van der Waals surface area contributed by atoms with Crippen LogP contribution in [0.1, 0.15) is 46.0 Å². The van der Waals surface area contributed by atoms with E-state index in [0.29, 0.717) is 11.9 Å². The lowest BCUT2D eigenvalue weighted by atomic mass is 9.89. The highest BCUT2D eigenvalue weighted by Crippen LogP contribution is 2.24. The zero-order valence-electron chi connectivity index (χ0n) is 11.2. The van der Waals surface area contributed by atoms with Gasteiger partial charge in [-0.15, -0.1) is 0 Å². The second-order valence-electron chi connectivity index (χ2n) is 5.78. The van der Waals surface area contributed by atoms with Crippen molar-refractivity contribution < 1.29 is 4.79 Å². The van der Waals surface area contributed by atoms with E-state index in [1.54, 1.807) is 0 Å². The summed E-state index contributed by atoms with van der Waals surface area (Å²) in [6.45, 7) is 7.43. The van der Waals surface area contributed by atoms with Crippen LogP contribution in [0.4, 0.5) is 0 Å². The third-order valence-corrected chi connectivity index (χ3v) is 4.38. The van der Waals surface area contributed by atoms with Crippen molar-refractivity contribution in [2.75, 3.05) is 19.6 Å². The van der Waals surface area contributed by atoms with Gasteiger partial charge in [-0.3, -0.25) is 4.79 Å². The molecule has 3 unspecified atom stereocenters. The van der Waals surface area contributed by atoms with Crippen LogP contribution in [0.2, 0.25) is 0 Å². The molecule has 0 aromatic heterocycles. The molecule has 2 aliphatic heterocycles. The molecule has 3 heteroatoms. The molecule has 2 saturated heterocycles. The zero-order valence-corrected chi connectivity index (χ0v) is 11.2. The van der Waals surface area contributed by atoms with Gasteiger partial charge in [0.15, 0.2) is 0 Å². The monoisotopic (exact) mass is 238 g/mol. The number of amides is 1. The van der Waals surface area contributed by atoms with Crippen molar-refractivity contribution in [3.05, 3.63) is 0 Å². The predicted molar refractivity (Wildman–Crippen MR) is 69.8 cm³/mol. The molecule has 0 aromatic carbocycles. The van der Waals surface area contributed by atoms with Crippen molar-refractivity contribution in [1.29, 1.82) is 0 Å². The van der Waals surface area contributed by atoms with Crippen LogP contribution in [-0.4, -0.2) is 36.5 Å². The van der Waals surface area contributed by atoms with Crippen molar-refractivity contribution in [1.82, 2.24) is 10.2 Å². The number of nitrogens with zero attached hydrogens (tertiary/aromatic N) is 1. The number of carbonyl (C=O) groups excluding carboxylic acids is 1. The first-order valence-corrected chi connectivity index (χ1v) is 7.23. The van der Waals surface area contributed by atoms with Gasteiger partial charge in [0.1, 0.15) is 0 Å². The van der Waals surface area contributed by atoms with Gasteiger partial charge in [-0.2, -0.15) is 0 Å². The smallest absolute Gasteiger partial charge is 0.225 e. The Morgan fingerprint density at radius 3 is 2.94 bits per heavy atom. The summed E-state index contributed by atoms with van der Waals surface area (Å²) in [5, 5.41) is 3.42. The van der Waals surface area contributed by atoms with Crippen molar-refractivity contribution in [2.24, 2.45) is 11.8 Å². The normalized spacial score (nSPS) is 34.7. The summed E-state index contributed by atoms with van der Waals surface area (Å²) < 4.78 is 0. The van der Waals surface area contributed by atoms with Crippen LogP contribution in [0, 0.1) is 11.8 Å². The van der Waals surface area contributed by atoms with Crippen molar-refractivity contribution in [3.8, 4) is 0 Å². The fourth-order valence-electron chi connectivity index (χ4n) is 3.21. The number of carbonyl (C=O) groups is 1. The van der Waals surface area contributed by atoms with E-state index in [-0.39, 0.29) is 5.92 Å². The summed E-state index contributed by atoms with van der Waals surface area (Å²) >= 11 is 0. The van der Waals surface area contributed by atoms with E-state index in [0.717, 1.165) is 38.4 Å². The quantitative estimate of drug-likeness (QED) is 0.798. The van der Waals surface area contributed by atoms with Crippen molar-refractivity contribution in [2.45, 2.75) is 52.0 Å². The molecule has 0 aliphatic carbocycles. The summed E-state index contributed by atoms with van der Waals surface area (Å²) in [4.78, 5) is 14.6. The number of hydrogen-bond donors (Lipinski definition) is 1. The molecule has 0 spiro atoms. The standard InChI is InChI=1S/C14H26N2O/c1-3-12-5-4-8-16(10-12)14(17)13-6-7-15-11(2)9-13/h11-13,15H,3-10H2,1-2H3. The lowest BCUT2D eigenvalue weighted by Crippen LogP contribution is -2.47. The number of piperidine rings is 2. The van der Waals surface area contributed by atoms with Crippen LogP contribution < -0.4 is 5.32 Å². The molecule has 0 saturated carbocycles. The van der Waals surface area contributed by atoms with E-state index in [9.17, 15) is 4.79 Å². The maximum atomic E-state index is 12.5. The van der Waals surface area contributed by atoms with Gasteiger partial charge in [0.2, 0.25) is 5.91 Å². The van der Waals surface area contributed by atoms with E-state index in [2.05, 4.69) is 24.1 Å². The average molecular weight is 238 g/mol. The van der Waals surface area contributed by atoms with Gasteiger partial charge in [0, 0.05) is 25.0 Å². The molecule has 3 atom stereocenters. The van der Waals surface area contributed by atoms with E-state index in [4.69, 9.17) is 0 Å². The third-order valence-electron chi connectivity index (χ3n) is 4.38. The van der Waals surface area contributed by atoms with Crippen LogP contribution in [0.15, 0.2) is 0 Å². The summed E-state index contributed by atoms with van der Waals surface area (Å²) in [5.41, 5.74) is 0. The van der Waals surface area contributed by atoms with Gasteiger partial charge in [-0.05, 0) is 45.1 Å². The highest BCUT2D eigenvalue weighted by molar-refractivity contribution is 5.79. The minimum atomic E-state index is 0.279. The Morgan fingerprint density at radius 1 is 1.41 bits per heavy atom. The molecular weight excluding hydrogens is 212 g/mol. The molecule has 2 aliphatic rings. The van der Waals surface area contributed by atoms with E-state index in [1.807, 2.05) is 0 Å². The van der Waals surface area contributed by atoms with Gasteiger partial charge in [-0.25, -0.2) is 0 Å². The van der Waals surface area contributed by atoms with Gasteiger partial charge in [0.05, 0.1) is 0 Å². The molecule has 1 N–H and O–H groups in total. The average Bonchev–Trinajstić information content (AvgIpc) is 2.38. The van der Waals surface area contributed by atoms with Crippen LogP contribution in [0.5, 0.6) is 0 Å². The Labute approximate surface area is 105 Å². The first-order chi connectivity index (χ1) is 8.20. The van der Waals surface area contributed by atoms with E-state index >= 15 is 0 Å². The molecular formula is C14H26N2O. The molecule has 1 amide bonds. The third kappa shape index (κ3) is 3.21. The maximum absolute atomic E-state index is 12.5. The summed E-state index contributed by atoms with van der Waals surface area (Å²) in [6.07, 6.45) is 5.77. The van der Waals surface area contributed by atoms with Crippen LogP contribution in [0.3, 0.4) is 0 Å². The molecule has 0 radical (unpaired) electrons. The molecule has 3 nitrogen and oxygen atoms in total. The zero-order chi connectivity index (χ0) is 12.3.